The molecule has 1 atom stereocenters. The molecule has 0 aromatic rings. The van der Waals surface area contributed by atoms with Crippen molar-refractivity contribution in [1.29, 1.82) is 0 Å². The van der Waals surface area contributed by atoms with Crippen LogP contribution >= 0.6 is 0 Å². The Kier molecular flexibility index (Phi) is 20.6. The van der Waals surface area contributed by atoms with E-state index in [-0.39, 0.29) is 12.7 Å². The van der Waals surface area contributed by atoms with Crippen molar-refractivity contribution in [2.75, 3.05) is 26.9 Å². The van der Waals surface area contributed by atoms with Crippen LogP contribution in [0.2, 0.25) is 0 Å². The SMILES string of the molecule is CC.CC.CCO.COCC1COC(C)(C)O1. The molecule has 1 saturated heterocycles. The van der Waals surface area contributed by atoms with Crippen LogP contribution in [0.5, 0.6) is 0 Å². The number of rotatable bonds is 2. The van der Waals surface area contributed by atoms with Crippen molar-refractivity contribution in [2.45, 2.75) is 60.4 Å². The number of hydrogen-bond donors (Lipinski definition) is 1. The normalized spacial score (nSPS) is 19.9. The zero-order valence-electron chi connectivity index (χ0n) is 12.9. The second-order valence-electron chi connectivity index (χ2n) is 3.22. The van der Waals surface area contributed by atoms with Crippen LogP contribution in [0.15, 0.2) is 0 Å². The summed E-state index contributed by atoms with van der Waals surface area (Å²) >= 11 is 0. The molecular weight excluding hydrogens is 220 g/mol. The molecule has 1 fully saturated rings. The molecule has 4 heteroatoms. The number of hydrogen-bond acceptors (Lipinski definition) is 4. The van der Waals surface area contributed by atoms with Crippen molar-refractivity contribution < 1.29 is 19.3 Å². The van der Waals surface area contributed by atoms with Gasteiger partial charge < -0.3 is 19.3 Å². The van der Waals surface area contributed by atoms with Crippen LogP contribution in [-0.4, -0.2) is 43.9 Å². The molecule has 0 aromatic carbocycles. The molecule has 1 N–H and O–H groups in total. The molecule has 0 bridgehead atoms. The van der Waals surface area contributed by atoms with Crippen LogP contribution < -0.4 is 0 Å². The molecular formula is C13H32O4. The highest BCUT2D eigenvalue weighted by atomic mass is 16.7. The van der Waals surface area contributed by atoms with Gasteiger partial charge >= 0.3 is 0 Å². The van der Waals surface area contributed by atoms with E-state index in [0.717, 1.165) is 0 Å². The molecule has 0 amide bonds. The quantitative estimate of drug-likeness (QED) is 0.821. The van der Waals surface area contributed by atoms with E-state index in [9.17, 15) is 0 Å². The summed E-state index contributed by atoms with van der Waals surface area (Å²) in [6, 6.07) is 0. The minimum absolute atomic E-state index is 0.111. The van der Waals surface area contributed by atoms with Gasteiger partial charge in [0.15, 0.2) is 5.79 Å². The highest BCUT2D eigenvalue weighted by molar-refractivity contribution is 4.69. The van der Waals surface area contributed by atoms with Gasteiger partial charge in [0.25, 0.3) is 0 Å². The Labute approximate surface area is 107 Å². The van der Waals surface area contributed by atoms with E-state index in [0.29, 0.717) is 13.2 Å². The van der Waals surface area contributed by atoms with Gasteiger partial charge in [0.2, 0.25) is 0 Å². The molecule has 0 radical (unpaired) electrons. The summed E-state index contributed by atoms with van der Waals surface area (Å²) in [6.45, 7) is 15.0. The Morgan fingerprint density at radius 1 is 1.24 bits per heavy atom. The number of ether oxygens (including phenoxy) is 3. The number of aliphatic hydroxyl groups is 1. The van der Waals surface area contributed by atoms with Crippen LogP contribution in [0.4, 0.5) is 0 Å². The first-order chi connectivity index (χ1) is 8.05. The van der Waals surface area contributed by atoms with Crippen LogP contribution in [0.1, 0.15) is 48.5 Å². The lowest BCUT2D eigenvalue weighted by atomic mass is 10.4. The van der Waals surface area contributed by atoms with E-state index in [4.69, 9.17) is 19.3 Å². The van der Waals surface area contributed by atoms with Crippen LogP contribution in [0, 0.1) is 0 Å². The molecule has 0 saturated carbocycles. The third kappa shape index (κ3) is 15.8. The second kappa shape index (κ2) is 15.8. The van der Waals surface area contributed by atoms with Crippen molar-refractivity contribution in [2.24, 2.45) is 0 Å². The fraction of sp³-hybridized carbons (Fsp3) is 1.00. The molecule has 108 valence electrons. The summed E-state index contributed by atoms with van der Waals surface area (Å²) in [4.78, 5) is 0. The fourth-order valence-corrected chi connectivity index (χ4v) is 1.03. The summed E-state index contributed by atoms with van der Waals surface area (Å²) in [5, 5.41) is 7.57. The average Bonchev–Trinajstić information content (AvgIpc) is 2.65. The molecule has 1 aliphatic heterocycles. The van der Waals surface area contributed by atoms with E-state index >= 15 is 0 Å². The van der Waals surface area contributed by atoms with Gasteiger partial charge in [-0.2, -0.15) is 0 Å². The maximum Gasteiger partial charge on any atom is 0.163 e. The third-order valence-corrected chi connectivity index (χ3v) is 1.42. The van der Waals surface area contributed by atoms with Crippen LogP contribution in [-0.2, 0) is 14.2 Å². The summed E-state index contributed by atoms with van der Waals surface area (Å²) in [5.41, 5.74) is 0. The summed E-state index contributed by atoms with van der Waals surface area (Å²) in [5.74, 6) is -0.413. The molecule has 1 aliphatic rings. The standard InChI is InChI=1S/C7H14O3.C2H6O.2C2H6/c1-7(2)9-5-6(10-7)4-8-3;1-2-3;2*1-2/h6H,4-5H2,1-3H3;3H,2H2,1H3;2*1-2H3. The van der Waals surface area contributed by atoms with Gasteiger partial charge in [-0.15, -0.1) is 0 Å². The number of methoxy groups -OCH3 is 1. The maximum atomic E-state index is 7.57. The van der Waals surface area contributed by atoms with E-state index < -0.39 is 5.79 Å². The molecule has 4 nitrogen and oxygen atoms in total. The first-order valence-electron chi connectivity index (χ1n) is 6.47. The molecule has 0 aliphatic carbocycles. The predicted octanol–water partition coefficient (Wildman–Crippen LogP) is 2.84. The van der Waals surface area contributed by atoms with Crippen LogP contribution in [0.3, 0.4) is 0 Å². The van der Waals surface area contributed by atoms with E-state index in [1.165, 1.54) is 0 Å². The van der Waals surface area contributed by atoms with Gasteiger partial charge in [0.05, 0.1) is 13.2 Å². The van der Waals surface area contributed by atoms with E-state index in [2.05, 4.69) is 0 Å². The van der Waals surface area contributed by atoms with Gasteiger partial charge in [-0.1, -0.05) is 27.7 Å². The van der Waals surface area contributed by atoms with Crippen molar-refractivity contribution in [3.63, 3.8) is 0 Å². The summed E-state index contributed by atoms with van der Waals surface area (Å²) in [7, 11) is 1.66. The van der Waals surface area contributed by atoms with Gasteiger partial charge in [-0.25, -0.2) is 0 Å². The maximum absolute atomic E-state index is 7.57. The highest BCUT2D eigenvalue weighted by Crippen LogP contribution is 2.21. The monoisotopic (exact) mass is 252 g/mol. The fourth-order valence-electron chi connectivity index (χ4n) is 1.03. The van der Waals surface area contributed by atoms with Crippen molar-refractivity contribution in [3.05, 3.63) is 0 Å². The van der Waals surface area contributed by atoms with Crippen molar-refractivity contribution in [3.8, 4) is 0 Å². The van der Waals surface area contributed by atoms with Gasteiger partial charge in [-0.05, 0) is 20.8 Å². The third-order valence-electron chi connectivity index (χ3n) is 1.42. The van der Waals surface area contributed by atoms with Crippen molar-refractivity contribution in [1.82, 2.24) is 0 Å². The zero-order chi connectivity index (χ0) is 14.3. The Morgan fingerprint density at radius 2 is 1.65 bits per heavy atom. The molecule has 1 rings (SSSR count). The first kappa shape index (κ1) is 22.1. The highest BCUT2D eigenvalue weighted by Gasteiger charge is 2.32. The van der Waals surface area contributed by atoms with E-state index in [1.807, 2.05) is 41.5 Å². The second-order valence-corrected chi connectivity index (χ2v) is 3.22. The number of aliphatic hydroxyl groups excluding tert-OH is 1. The summed E-state index contributed by atoms with van der Waals surface area (Å²) < 4.78 is 15.7. The van der Waals surface area contributed by atoms with Crippen LogP contribution in [0.25, 0.3) is 0 Å². The minimum atomic E-state index is -0.413. The van der Waals surface area contributed by atoms with Crippen molar-refractivity contribution >= 4 is 0 Å². The zero-order valence-corrected chi connectivity index (χ0v) is 12.9. The van der Waals surface area contributed by atoms with E-state index in [1.54, 1.807) is 14.0 Å². The van der Waals surface area contributed by atoms with Gasteiger partial charge in [0.1, 0.15) is 6.10 Å². The van der Waals surface area contributed by atoms with Gasteiger partial charge in [-0.3, -0.25) is 0 Å². The Morgan fingerprint density at radius 3 is 1.88 bits per heavy atom. The smallest absolute Gasteiger partial charge is 0.163 e. The Bertz CT molecular complexity index is 127. The lowest BCUT2D eigenvalue weighted by Crippen LogP contribution is -2.23. The Balaban J connectivity index is -0.000000239. The Hall–Kier alpha value is -0.160. The lowest BCUT2D eigenvalue weighted by Gasteiger charge is -2.16. The molecule has 1 unspecified atom stereocenters. The predicted molar refractivity (Wildman–Crippen MR) is 72.2 cm³/mol. The van der Waals surface area contributed by atoms with Gasteiger partial charge in [0, 0.05) is 13.7 Å². The molecule has 0 spiro atoms. The minimum Gasteiger partial charge on any atom is -0.397 e. The molecule has 1 heterocycles. The lowest BCUT2D eigenvalue weighted by molar-refractivity contribution is -0.143. The summed E-state index contributed by atoms with van der Waals surface area (Å²) in [6.07, 6.45) is 0.111. The topological polar surface area (TPSA) is 47.9 Å². The average molecular weight is 252 g/mol. The molecule has 0 aromatic heterocycles. The first-order valence-corrected chi connectivity index (χ1v) is 6.47. The molecule has 17 heavy (non-hydrogen) atoms. The largest absolute Gasteiger partial charge is 0.397 e.